The fourth-order valence-electron chi connectivity index (χ4n) is 3.79. The largest absolute Gasteiger partial charge is 0.336 e. The molecule has 0 aromatic heterocycles. The Morgan fingerprint density at radius 2 is 1.50 bits per heavy atom. The van der Waals surface area contributed by atoms with Crippen molar-refractivity contribution in [3.8, 4) is 0 Å². The van der Waals surface area contributed by atoms with E-state index in [1.807, 2.05) is 0 Å². The van der Waals surface area contributed by atoms with E-state index in [1.54, 1.807) is 0 Å². The maximum absolute atomic E-state index is 6.53. The SMILES string of the molecule is C=C(c1ccc(C)cc1)[C@H]1OOC2(CCCC2)O[C@@H]1c1ccc(C)cc1. The topological polar surface area (TPSA) is 27.7 Å². The molecule has 26 heavy (non-hydrogen) atoms. The summed E-state index contributed by atoms with van der Waals surface area (Å²) < 4.78 is 6.53. The van der Waals surface area contributed by atoms with Crippen LogP contribution in [0.15, 0.2) is 55.1 Å². The summed E-state index contributed by atoms with van der Waals surface area (Å²) in [6.07, 6.45) is 3.36. The van der Waals surface area contributed by atoms with Gasteiger partial charge >= 0.3 is 0 Å². The number of aryl methyl sites for hydroxylation is 2. The summed E-state index contributed by atoms with van der Waals surface area (Å²) in [6, 6.07) is 16.8. The van der Waals surface area contributed by atoms with Crippen LogP contribution in [0.25, 0.3) is 5.57 Å². The number of benzene rings is 2. The van der Waals surface area contributed by atoms with E-state index in [0.717, 1.165) is 42.4 Å². The Kier molecular flexibility index (Phi) is 4.70. The molecule has 0 N–H and O–H groups in total. The van der Waals surface area contributed by atoms with Crippen molar-refractivity contribution in [2.75, 3.05) is 0 Å². The van der Waals surface area contributed by atoms with Crippen molar-refractivity contribution < 1.29 is 14.5 Å². The van der Waals surface area contributed by atoms with Crippen molar-refractivity contribution in [1.82, 2.24) is 0 Å². The lowest BCUT2D eigenvalue weighted by atomic mass is 9.92. The quantitative estimate of drug-likeness (QED) is 0.667. The van der Waals surface area contributed by atoms with Crippen LogP contribution >= 0.6 is 0 Å². The number of rotatable bonds is 3. The molecule has 1 saturated carbocycles. The Bertz CT molecular complexity index is 770. The Balaban J connectivity index is 1.66. The molecule has 2 aromatic rings. The summed E-state index contributed by atoms with van der Waals surface area (Å²) in [7, 11) is 0. The molecule has 0 unspecified atom stereocenters. The summed E-state index contributed by atoms with van der Waals surface area (Å²) in [5.74, 6) is -0.611. The van der Waals surface area contributed by atoms with Gasteiger partial charge < -0.3 is 4.74 Å². The fraction of sp³-hybridized carbons (Fsp3) is 0.391. The van der Waals surface area contributed by atoms with Crippen LogP contribution in [0.5, 0.6) is 0 Å². The predicted molar refractivity (Wildman–Crippen MR) is 102 cm³/mol. The van der Waals surface area contributed by atoms with Crippen LogP contribution in [0.1, 0.15) is 54.0 Å². The lowest BCUT2D eigenvalue weighted by molar-refractivity contribution is -0.493. The van der Waals surface area contributed by atoms with Crippen LogP contribution in [0.2, 0.25) is 0 Å². The minimum Gasteiger partial charge on any atom is -0.336 e. The number of hydrogen-bond acceptors (Lipinski definition) is 3. The minimum absolute atomic E-state index is 0.226. The van der Waals surface area contributed by atoms with Gasteiger partial charge in [0.1, 0.15) is 12.2 Å². The van der Waals surface area contributed by atoms with E-state index in [1.165, 1.54) is 11.1 Å². The van der Waals surface area contributed by atoms with Gasteiger partial charge in [-0.2, -0.15) is 0 Å². The van der Waals surface area contributed by atoms with Gasteiger partial charge in [-0.3, -0.25) is 0 Å². The standard InChI is InChI=1S/C23H26O3/c1-16-6-10-19(11-7-16)18(3)21-22(20-12-8-17(2)9-13-20)24-23(26-25-21)14-4-5-15-23/h6-13,21-22H,3-5,14-15H2,1-2H3/t21-,22-/m1/s1. The van der Waals surface area contributed by atoms with Crippen molar-refractivity contribution in [1.29, 1.82) is 0 Å². The third-order valence-electron chi connectivity index (χ3n) is 5.46. The minimum atomic E-state index is -0.611. The van der Waals surface area contributed by atoms with Gasteiger partial charge in [0.25, 0.3) is 0 Å². The second-order valence-corrected chi connectivity index (χ2v) is 7.56. The van der Waals surface area contributed by atoms with E-state index >= 15 is 0 Å². The van der Waals surface area contributed by atoms with Crippen molar-refractivity contribution in [3.63, 3.8) is 0 Å². The molecule has 1 spiro atoms. The molecule has 2 fully saturated rings. The van der Waals surface area contributed by atoms with Gasteiger partial charge in [-0.25, -0.2) is 9.78 Å². The first-order chi connectivity index (χ1) is 12.6. The van der Waals surface area contributed by atoms with Crippen LogP contribution in [-0.2, 0) is 14.5 Å². The van der Waals surface area contributed by atoms with Gasteiger partial charge in [0.15, 0.2) is 0 Å². The van der Waals surface area contributed by atoms with Gasteiger partial charge in [0.2, 0.25) is 5.79 Å². The van der Waals surface area contributed by atoms with E-state index in [9.17, 15) is 0 Å². The van der Waals surface area contributed by atoms with Crippen LogP contribution < -0.4 is 0 Å². The maximum Gasteiger partial charge on any atom is 0.202 e. The molecule has 0 radical (unpaired) electrons. The fourth-order valence-corrected chi connectivity index (χ4v) is 3.79. The number of hydrogen-bond donors (Lipinski definition) is 0. The molecule has 3 heteroatoms. The highest BCUT2D eigenvalue weighted by Crippen LogP contribution is 2.46. The van der Waals surface area contributed by atoms with E-state index in [4.69, 9.17) is 14.5 Å². The molecular formula is C23H26O3. The van der Waals surface area contributed by atoms with Crippen LogP contribution in [0.4, 0.5) is 0 Å². The van der Waals surface area contributed by atoms with Crippen molar-refractivity contribution in [2.24, 2.45) is 0 Å². The van der Waals surface area contributed by atoms with Crippen LogP contribution in [0.3, 0.4) is 0 Å². The molecular weight excluding hydrogens is 324 g/mol. The Labute approximate surface area is 155 Å². The zero-order valence-electron chi connectivity index (χ0n) is 15.5. The smallest absolute Gasteiger partial charge is 0.202 e. The molecule has 1 aliphatic carbocycles. The van der Waals surface area contributed by atoms with Crippen molar-refractivity contribution in [3.05, 3.63) is 77.4 Å². The zero-order chi connectivity index (χ0) is 18.1. The molecule has 1 aliphatic heterocycles. The highest BCUT2D eigenvalue weighted by atomic mass is 17.2. The summed E-state index contributed by atoms with van der Waals surface area (Å²) in [4.78, 5) is 11.7. The molecule has 2 aromatic carbocycles. The molecule has 1 saturated heterocycles. The van der Waals surface area contributed by atoms with Gasteiger partial charge in [-0.1, -0.05) is 66.2 Å². The van der Waals surface area contributed by atoms with Crippen molar-refractivity contribution >= 4 is 5.57 Å². The third-order valence-corrected chi connectivity index (χ3v) is 5.46. The Morgan fingerprint density at radius 3 is 2.12 bits per heavy atom. The van der Waals surface area contributed by atoms with Gasteiger partial charge in [0, 0.05) is 12.8 Å². The number of ether oxygens (including phenoxy) is 1. The van der Waals surface area contributed by atoms with Gasteiger partial charge in [-0.05, 0) is 43.4 Å². The first-order valence-electron chi connectivity index (χ1n) is 9.41. The summed E-state index contributed by atoms with van der Waals surface area (Å²) in [5.41, 5.74) is 5.48. The van der Waals surface area contributed by atoms with E-state index in [-0.39, 0.29) is 12.2 Å². The Hall–Kier alpha value is -1.94. The third kappa shape index (κ3) is 3.35. The lowest BCUT2D eigenvalue weighted by Crippen LogP contribution is -2.45. The molecule has 3 nitrogen and oxygen atoms in total. The molecule has 2 atom stereocenters. The molecule has 1 heterocycles. The average molecular weight is 350 g/mol. The van der Waals surface area contributed by atoms with Crippen LogP contribution in [0, 0.1) is 13.8 Å². The zero-order valence-corrected chi connectivity index (χ0v) is 15.5. The average Bonchev–Trinajstić information content (AvgIpc) is 3.10. The lowest BCUT2D eigenvalue weighted by Gasteiger charge is -2.42. The second-order valence-electron chi connectivity index (χ2n) is 7.56. The maximum atomic E-state index is 6.53. The summed E-state index contributed by atoms with van der Waals surface area (Å²) >= 11 is 0. The van der Waals surface area contributed by atoms with E-state index in [2.05, 4.69) is 69.0 Å². The van der Waals surface area contributed by atoms with Crippen LogP contribution in [-0.4, -0.2) is 11.9 Å². The van der Waals surface area contributed by atoms with E-state index in [0.29, 0.717) is 0 Å². The monoisotopic (exact) mass is 350 g/mol. The Morgan fingerprint density at radius 1 is 0.923 bits per heavy atom. The molecule has 0 amide bonds. The summed E-state index contributed by atoms with van der Waals surface area (Å²) in [5, 5.41) is 0. The second kappa shape index (κ2) is 6.99. The first-order valence-corrected chi connectivity index (χ1v) is 9.41. The van der Waals surface area contributed by atoms with E-state index < -0.39 is 5.79 Å². The van der Waals surface area contributed by atoms with Crippen molar-refractivity contribution in [2.45, 2.75) is 57.5 Å². The van der Waals surface area contributed by atoms with Gasteiger partial charge in [0.05, 0.1) is 0 Å². The predicted octanol–water partition coefficient (Wildman–Crippen LogP) is 5.68. The normalized spacial score (nSPS) is 24.7. The molecule has 4 rings (SSSR count). The molecule has 0 bridgehead atoms. The first kappa shape index (κ1) is 17.5. The molecule has 136 valence electrons. The highest BCUT2D eigenvalue weighted by Gasteiger charge is 2.47. The highest BCUT2D eigenvalue weighted by molar-refractivity contribution is 5.68. The molecule has 2 aliphatic rings. The van der Waals surface area contributed by atoms with Gasteiger partial charge in [-0.15, -0.1) is 0 Å². The summed E-state index contributed by atoms with van der Waals surface area (Å²) in [6.45, 7) is 8.47.